The summed E-state index contributed by atoms with van der Waals surface area (Å²) in [6, 6.07) is 11.1. The predicted molar refractivity (Wildman–Crippen MR) is 89.7 cm³/mol. The molecule has 3 aromatic rings. The molecule has 0 saturated heterocycles. The van der Waals surface area contributed by atoms with E-state index >= 15 is 0 Å². The van der Waals surface area contributed by atoms with E-state index in [9.17, 15) is 14.7 Å². The summed E-state index contributed by atoms with van der Waals surface area (Å²) in [5.74, 6) is -0.185. The molecule has 0 radical (unpaired) electrons. The Morgan fingerprint density at radius 3 is 2.62 bits per heavy atom. The van der Waals surface area contributed by atoms with Gasteiger partial charge in [0.25, 0.3) is 5.56 Å². The summed E-state index contributed by atoms with van der Waals surface area (Å²) < 4.78 is 5.03. The molecule has 122 valence electrons. The summed E-state index contributed by atoms with van der Waals surface area (Å²) in [6.45, 7) is 0. The quantitative estimate of drug-likeness (QED) is 0.709. The van der Waals surface area contributed by atoms with Gasteiger partial charge in [0, 0.05) is 5.02 Å². The number of aliphatic hydroxyl groups is 1. The van der Waals surface area contributed by atoms with Gasteiger partial charge < -0.3 is 14.8 Å². The first-order valence-corrected chi connectivity index (χ1v) is 7.43. The number of nitrogens with one attached hydrogen (secondary N) is 1. The topological polar surface area (TPSA) is 92.3 Å². The van der Waals surface area contributed by atoms with Crippen LogP contribution in [0, 0.1) is 0 Å². The number of H-pyrrole nitrogens is 1. The number of benzene rings is 2. The van der Waals surface area contributed by atoms with Gasteiger partial charge in [-0.05, 0) is 35.9 Å². The van der Waals surface area contributed by atoms with Gasteiger partial charge in [0.15, 0.2) is 5.69 Å². The van der Waals surface area contributed by atoms with E-state index in [1.165, 1.54) is 7.11 Å². The number of rotatable bonds is 4. The van der Waals surface area contributed by atoms with Gasteiger partial charge in [-0.15, -0.1) is 0 Å². The molecule has 0 fully saturated rings. The zero-order valence-corrected chi connectivity index (χ0v) is 13.4. The molecule has 6 nitrogen and oxygen atoms in total. The number of aliphatic hydroxyl groups excluding tert-OH is 1. The molecule has 0 aliphatic heterocycles. The molecule has 0 spiro atoms. The van der Waals surface area contributed by atoms with Gasteiger partial charge in [-0.1, -0.05) is 23.7 Å². The number of nitrogens with zero attached hydrogens (tertiary/aromatic N) is 1. The molecule has 0 amide bonds. The fourth-order valence-corrected chi connectivity index (χ4v) is 2.46. The van der Waals surface area contributed by atoms with Gasteiger partial charge in [-0.25, -0.2) is 4.98 Å². The second kappa shape index (κ2) is 6.43. The van der Waals surface area contributed by atoms with Crippen LogP contribution in [0.4, 0.5) is 0 Å². The van der Waals surface area contributed by atoms with Gasteiger partial charge in [-0.3, -0.25) is 9.59 Å². The van der Waals surface area contributed by atoms with Crippen molar-refractivity contribution >= 4 is 28.4 Å². The number of fused-ring (bicyclic) bond motifs is 1. The minimum Gasteiger partial charge on any atom is -0.497 e. The van der Waals surface area contributed by atoms with Crippen molar-refractivity contribution < 1.29 is 14.6 Å². The number of ketones is 1. The molecule has 0 unspecified atom stereocenters. The van der Waals surface area contributed by atoms with Crippen molar-refractivity contribution in [3.05, 3.63) is 69.1 Å². The number of aromatic nitrogens is 2. The fourth-order valence-electron chi connectivity index (χ4n) is 2.29. The zero-order chi connectivity index (χ0) is 17.3. The van der Waals surface area contributed by atoms with E-state index in [0.717, 1.165) is 0 Å². The Morgan fingerprint density at radius 2 is 1.96 bits per heavy atom. The van der Waals surface area contributed by atoms with Crippen molar-refractivity contribution in [2.45, 2.75) is 6.10 Å². The van der Waals surface area contributed by atoms with Gasteiger partial charge >= 0.3 is 0 Å². The first-order valence-electron chi connectivity index (χ1n) is 7.05. The number of Topliss-reactive ketones (excluding diaryl/α,β-unsaturated/α-hetero) is 1. The van der Waals surface area contributed by atoms with Crippen LogP contribution in [0.25, 0.3) is 11.0 Å². The Bertz CT molecular complexity index is 966. The van der Waals surface area contributed by atoms with Crippen molar-refractivity contribution in [3.8, 4) is 5.75 Å². The molecule has 1 atom stereocenters. The van der Waals surface area contributed by atoms with Crippen molar-refractivity contribution in [1.82, 2.24) is 9.97 Å². The summed E-state index contributed by atoms with van der Waals surface area (Å²) in [6.07, 6.45) is -1.49. The van der Waals surface area contributed by atoms with E-state index in [0.29, 0.717) is 27.4 Å². The summed E-state index contributed by atoms with van der Waals surface area (Å²) in [7, 11) is 1.52. The van der Waals surface area contributed by atoms with Crippen LogP contribution in [-0.2, 0) is 0 Å². The molecule has 0 aliphatic carbocycles. The second-order valence-corrected chi connectivity index (χ2v) is 5.55. The van der Waals surface area contributed by atoms with Crippen LogP contribution >= 0.6 is 11.6 Å². The fraction of sp³-hybridized carbons (Fsp3) is 0.118. The summed E-state index contributed by atoms with van der Waals surface area (Å²) in [5.41, 5.74) is 0.140. The van der Waals surface area contributed by atoms with Crippen molar-refractivity contribution in [1.29, 1.82) is 0 Å². The van der Waals surface area contributed by atoms with Crippen molar-refractivity contribution in [3.63, 3.8) is 0 Å². The Kier molecular flexibility index (Phi) is 4.33. The summed E-state index contributed by atoms with van der Waals surface area (Å²) in [5, 5.41) is 10.7. The number of ether oxygens (including phenoxy) is 1. The van der Waals surface area contributed by atoms with Gasteiger partial charge in [0.2, 0.25) is 5.78 Å². The molecule has 0 saturated carbocycles. The average Bonchev–Trinajstić information content (AvgIpc) is 2.60. The Balaban J connectivity index is 1.99. The van der Waals surface area contributed by atoms with E-state index in [2.05, 4.69) is 9.97 Å². The van der Waals surface area contributed by atoms with Crippen LogP contribution in [-0.4, -0.2) is 28.0 Å². The number of hydrogen-bond donors (Lipinski definition) is 2. The molecule has 0 aliphatic rings. The first-order chi connectivity index (χ1) is 11.5. The molecule has 1 aromatic heterocycles. The van der Waals surface area contributed by atoms with Crippen molar-refractivity contribution in [2.24, 2.45) is 0 Å². The highest BCUT2D eigenvalue weighted by atomic mass is 35.5. The average molecular weight is 345 g/mol. The Labute approximate surface area is 141 Å². The maximum Gasteiger partial charge on any atom is 0.278 e. The van der Waals surface area contributed by atoms with Gasteiger partial charge in [0.1, 0.15) is 11.9 Å². The number of carbonyl (C=O) groups excluding carboxylic acids is 1. The number of hydrogen-bond acceptors (Lipinski definition) is 5. The molecular formula is C17H13ClN2O4. The maximum absolute atomic E-state index is 12.4. The third-order valence-electron chi connectivity index (χ3n) is 3.57. The molecular weight excluding hydrogens is 332 g/mol. The van der Waals surface area contributed by atoms with E-state index in [1.807, 2.05) is 0 Å². The first kappa shape index (κ1) is 16.2. The van der Waals surface area contributed by atoms with E-state index in [-0.39, 0.29) is 5.69 Å². The number of methoxy groups -OCH3 is 1. The SMILES string of the molecule is COc1ccc([C@@H](O)C(=O)c2nc3ccc(Cl)cc3[nH]c2=O)cc1. The normalized spacial score (nSPS) is 12.1. The minimum absolute atomic E-state index is 0.346. The van der Waals surface area contributed by atoms with Crippen LogP contribution in [0.5, 0.6) is 5.75 Å². The van der Waals surface area contributed by atoms with E-state index < -0.39 is 17.4 Å². The molecule has 1 heterocycles. The standard InChI is InChI=1S/C17H13ClN2O4/c1-24-11-5-2-9(3-6-11)15(21)16(22)14-17(23)20-13-8-10(18)4-7-12(13)19-14/h2-8,15,21H,1H3,(H,20,23)/t15-/m1/s1. The summed E-state index contributed by atoms with van der Waals surface area (Å²) in [4.78, 5) is 31.2. The van der Waals surface area contributed by atoms with Gasteiger partial charge in [0.05, 0.1) is 18.1 Å². The monoisotopic (exact) mass is 344 g/mol. The van der Waals surface area contributed by atoms with Crippen LogP contribution in [0.3, 0.4) is 0 Å². The molecule has 2 N–H and O–H groups in total. The van der Waals surface area contributed by atoms with Crippen LogP contribution < -0.4 is 10.3 Å². The van der Waals surface area contributed by atoms with Crippen LogP contribution in [0.2, 0.25) is 5.02 Å². The van der Waals surface area contributed by atoms with E-state index in [1.54, 1.807) is 42.5 Å². The lowest BCUT2D eigenvalue weighted by molar-refractivity contribution is 0.0740. The number of aromatic amines is 1. The van der Waals surface area contributed by atoms with Crippen molar-refractivity contribution in [2.75, 3.05) is 7.11 Å². The van der Waals surface area contributed by atoms with Crippen LogP contribution in [0.1, 0.15) is 22.2 Å². The lowest BCUT2D eigenvalue weighted by Crippen LogP contribution is -2.24. The molecule has 7 heteroatoms. The second-order valence-electron chi connectivity index (χ2n) is 5.12. The van der Waals surface area contributed by atoms with Gasteiger partial charge in [-0.2, -0.15) is 0 Å². The molecule has 3 rings (SSSR count). The third-order valence-corrected chi connectivity index (χ3v) is 3.80. The van der Waals surface area contributed by atoms with E-state index in [4.69, 9.17) is 16.3 Å². The highest BCUT2D eigenvalue weighted by molar-refractivity contribution is 6.31. The number of carbonyl (C=O) groups is 1. The molecule has 2 aromatic carbocycles. The molecule has 0 bridgehead atoms. The smallest absolute Gasteiger partial charge is 0.278 e. The Morgan fingerprint density at radius 1 is 1.25 bits per heavy atom. The minimum atomic E-state index is -1.49. The summed E-state index contributed by atoms with van der Waals surface area (Å²) >= 11 is 5.86. The molecule has 24 heavy (non-hydrogen) atoms. The highest BCUT2D eigenvalue weighted by Crippen LogP contribution is 2.21. The predicted octanol–water partition coefficient (Wildman–Crippen LogP) is 2.50. The Hall–Kier alpha value is -2.70. The lowest BCUT2D eigenvalue weighted by Gasteiger charge is -2.10. The number of halogens is 1. The maximum atomic E-state index is 12.4. The third kappa shape index (κ3) is 3.02. The highest BCUT2D eigenvalue weighted by Gasteiger charge is 2.24. The lowest BCUT2D eigenvalue weighted by atomic mass is 10.0. The zero-order valence-electron chi connectivity index (χ0n) is 12.6. The largest absolute Gasteiger partial charge is 0.497 e. The van der Waals surface area contributed by atoms with Crippen LogP contribution in [0.15, 0.2) is 47.3 Å².